The first kappa shape index (κ1) is 52.5. The third kappa shape index (κ3) is 8.71. The summed E-state index contributed by atoms with van der Waals surface area (Å²) in [4.78, 5) is 85.0. The Kier molecular flexibility index (Phi) is 13.7. The van der Waals surface area contributed by atoms with E-state index in [1.165, 1.54) is 41.5 Å². The summed E-state index contributed by atoms with van der Waals surface area (Å²) in [6, 6.07) is 0. The lowest BCUT2D eigenvalue weighted by atomic mass is 9.45. The molecule has 72 heavy (non-hydrogen) atoms. The van der Waals surface area contributed by atoms with Crippen molar-refractivity contribution in [3.05, 3.63) is 23.3 Å². The van der Waals surface area contributed by atoms with Crippen molar-refractivity contribution in [3.63, 3.8) is 0 Å². The van der Waals surface area contributed by atoms with Crippen molar-refractivity contribution < 1.29 is 76.6 Å². The second-order valence-electron chi connectivity index (χ2n) is 24.4. The number of carbonyl (C=O) groups is 7. The monoisotopic (exact) mass is 1010 g/mol. The Bertz CT molecular complexity index is 2310. The Morgan fingerprint density at radius 2 is 0.931 bits per heavy atom. The van der Waals surface area contributed by atoms with Crippen LogP contribution < -0.4 is 0 Å². The molecule has 8 aliphatic carbocycles. The predicted octanol–water partition coefficient (Wildman–Crippen LogP) is 7.87. The van der Waals surface area contributed by atoms with Crippen LogP contribution in [0.1, 0.15) is 172 Å². The molecule has 8 fully saturated rings. The van der Waals surface area contributed by atoms with Crippen molar-refractivity contribution in [2.45, 2.75) is 226 Å². The molecule has 10 rings (SSSR count). The number of fused-ring (bicyclic) bond motifs is 12. The molecule has 0 amide bonds. The van der Waals surface area contributed by atoms with Gasteiger partial charge in [-0.25, -0.2) is 0 Å². The van der Waals surface area contributed by atoms with Crippen molar-refractivity contribution >= 4 is 41.8 Å². The topological polar surface area (TPSA) is 214 Å². The summed E-state index contributed by atoms with van der Waals surface area (Å²) in [6.45, 7) is 17.5. The van der Waals surface area contributed by atoms with Gasteiger partial charge in [0.25, 0.3) is 0 Å². The van der Waals surface area contributed by atoms with Crippen molar-refractivity contribution in [2.75, 3.05) is 0 Å². The zero-order chi connectivity index (χ0) is 52.1. The fourth-order valence-corrected chi connectivity index (χ4v) is 18.0. The Labute approximate surface area is 423 Å². The van der Waals surface area contributed by atoms with E-state index >= 15 is 0 Å². The molecule has 16 heteroatoms. The highest BCUT2D eigenvalue weighted by atomic mass is 16.6. The number of aliphatic hydroxyl groups is 1. The second-order valence-corrected chi connectivity index (χ2v) is 24.4. The predicted molar refractivity (Wildman–Crippen MR) is 255 cm³/mol. The van der Waals surface area contributed by atoms with E-state index in [0.29, 0.717) is 44.9 Å². The fourth-order valence-electron chi connectivity index (χ4n) is 18.0. The van der Waals surface area contributed by atoms with Crippen LogP contribution >= 0.6 is 0 Å². The first-order chi connectivity index (χ1) is 33.8. The van der Waals surface area contributed by atoms with Crippen molar-refractivity contribution in [1.29, 1.82) is 0 Å². The standard InChI is InChI=1S/C28H40O8.C28H38O8/c2*1-15(29)33-19-6-9-26(4)18(12-19)13-21(34-16(2)30)24-20-7-10-28(11-8-23(32)36-28)27(20,5)14-22(25(24)26)35-17(3)31/h13,19-25,32H,6-12,14H2,1-5H3;13,19-22,24-25H,6-12,14H2,1-5H3/t19-,20?,21-,22+,23?,24?,25?,26-,27-,28?;19-,20?,21-,22+,24?,25?,26-,27-,28?/m00/s1. The van der Waals surface area contributed by atoms with Crippen molar-refractivity contribution in [3.8, 4) is 0 Å². The Balaban J connectivity index is 0.000000178. The minimum absolute atomic E-state index is 0.0384. The van der Waals surface area contributed by atoms with Gasteiger partial charge in [0.1, 0.15) is 42.2 Å². The molecule has 2 aliphatic heterocycles. The van der Waals surface area contributed by atoms with E-state index in [-0.39, 0.29) is 112 Å². The van der Waals surface area contributed by atoms with Gasteiger partial charge in [0.15, 0.2) is 6.29 Å². The van der Waals surface area contributed by atoms with Gasteiger partial charge in [-0.2, -0.15) is 0 Å². The summed E-state index contributed by atoms with van der Waals surface area (Å²) in [5.74, 6) is -2.02. The second kappa shape index (κ2) is 18.8. The van der Waals surface area contributed by atoms with Crippen LogP contribution in [0.5, 0.6) is 0 Å². The molecule has 19 atom stereocenters. The molecule has 398 valence electrons. The normalized spacial score (nSPS) is 46.2. The molecule has 1 N–H and O–H groups in total. The van der Waals surface area contributed by atoms with E-state index in [0.717, 1.165) is 68.9 Å². The van der Waals surface area contributed by atoms with Crippen LogP contribution in [0.4, 0.5) is 0 Å². The summed E-state index contributed by atoms with van der Waals surface area (Å²) in [5.41, 5.74) is -0.111. The Morgan fingerprint density at radius 1 is 0.528 bits per heavy atom. The molecule has 2 heterocycles. The largest absolute Gasteiger partial charge is 0.462 e. The summed E-state index contributed by atoms with van der Waals surface area (Å²) < 4.78 is 47.6. The number of hydrogen-bond acceptors (Lipinski definition) is 16. The van der Waals surface area contributed by atoms with Crippen LogP contribution in [0.15, 0.2) is 23.3 Å². The van der Waals surface area contributed by atoms with Crippen LogP contribution in [-0.4, -0.2) is 101 Å². The summed E-state index contributed by atoms with van der Waals surface area (Å²) in [5, 5.41) is 10.3. The third-order valence-electron chi connectivity index (χ3n) is 20.6. The first-order valence-corrected chi connectivity index (χ1v) is 26.8. The van der Waals surface area contributed by atoms with E-state index in [1.54, 1.807) is 0 Å². The minimum atomic E-state index is -0.776. The fraction of sp³-hybridized carbons (Fsp3) is 0.804. The lowest BCUT2D eigenvalue weighted by Crippen LogP contribution is -2.63. The first-order valence-electron chi connectivity index (χ1n) is 26.8. The van der Waals surface area contributed by atoms with Crippen molar-refractivity contribution in [1.82, 2.24) is 0 Å². The molecule has 9 unspecified atom stereocenters. The van der Waals surface area contributed by atoms with Gasteiger partial charge in [0, 0.05) is 102 Å². The van der Waals surface area contributed by atoms with Gasteiger partial charge >= 0.3 is 41.8 Å². The van der Waals surface area contributed by atoms with Crippen LogP contribution in [0.25, 0.3) is 0 Å². The molecular formula is C56H78O16. The highest BCUT2D eigenvalue weighted by Crippen LogP contribution is 2.72. The number of rotatable bonds is 6. The van der Waals surface area contributed by atoms with Crippen LogP contribution in [0, 0.1) is 57.2 Å². The molecule has 2 saturated heterocycles. The molecule has 0 aromatic rings. The van der Waals surface area contributed by atoms with Gasteiger partial charge in [-0.3, -0.25) is 33.6 Å². The van der Waals surface area contributed by atoms with E-state index < -0.39 is 41.2 Å². The Hall–Kier alpha value is -4.31. The molecule has 6 saturated carbocycles. The summed E-state index contributed by atoms with van der Waals surface area (Å²) in [7, 11) is 0. The summed E-state index contributed by atoms with van der Waals surface area (Å²) in [6.07, 6.45) is 12.5. The molecule has 16 nitrogen and oxygen atoms in total. The molecular weight excluding hydrogens is 929 g/mol. The number of carbonyl (C=O) groups excluding carboxylic acids is 7. The quantitative estimate of drug-likeness (QED) is 0.152. The van der Waals surface area contributed by atoms with Crippen LogP contribution in [0.3, 0.4) is 0 Å². The number of aliphatic hydroxyl groups excluding tert-OH is 1. The molecule has 2 spiro atoms. The van der Waals surface area contributed by atoms with Crippen molar-refractivity contribution in [2.24, 2.45) is 57.2 Å². The van der Waals surface area contributed by atoms with Crippen LogP contribution in [0.2, 0.25) is 0 Å². The minimum Gasteiger partial charge on any atom is -0.462 e. The molecule has 10 aliphatic rings. The Morgan fingerprint density at radius 3 is 1.31 bits per heavy atom. The average Bonchev–Trinajstić information content (AvgIpc) is 4.00. The molecule has 0 radical (unpaired) electrons. The van der Waals surface area contributed by atoms with E-state index in [1.807, 2.05) is 0 Å². The molecule has 0 aromatic heterocycles. The maximum absolute atomic E-state index is 12.4. The smallest absolute Gasteiger partial charge is 0.306 e. The zero-order valence-electron chi connectivity index (χ0n) is 44.0. The highest BCUT2D eigenvalue weighted by molar-refractivity contribution is 5.73. The SMILES string of the molecule is CC(=O)O[C@H]1CC[C@@]2(C)C(=C[C@H](OC(C)=O)C3C2[C@H](OC(C)=O)C[C@@]2(C)C3CCC23CCC(=O)O3)C1.CC(=O)O[C@H]1CC[C@@]2(C)C(=C[C@H](OC(C)=O)C3C2[C@H](OC(C)=O)C[C@@]2(C)C3CCC23CCC(O)O3)C1. The van der Waals surface area contributed by atoms with Gasteiger partial charge in [-0.05, 0) is 112 Å². The van der Waals surface area contributed by atoms with Gasteiger partial charge in [-0.1, -0.05) is 38.8 Å². The lowest BCUT2D eigenvalue weighted by molar-refractivity contribution is -0.228. The maximum atomic E-state index is 12.4. The summed E-state index contributed by atoms with van der Waals surface area (Å²) >= 11 is 0. The van der Waals surface area contributed by atoms with Crippen LogP contribution in [-0.2, 0) is 71.5 Å². The zero-order valence-corrected chi connectivity index (χ0v) is 44.0. The van der Waals surface area contributed by atoms with Gasteiger partial charge < -0.3 is 43.0 Å². The van der Waals surface area contributed by atoms with E-state index in [2.05, 4.69) is 39.8 Å². The van der Waals surface area contributed by atoms with E-state index in [9.17, 15) is 38.7 Å². The lowest BCUT2D eigenvalue weighted by Gasteiger charge is -2.62. The maximum Gasteiger partial charge on any atom is 0.306 e. The van der Waals surface area contributed by atoms with Gasteiger partial charge in [0.2, 0.25) is 0 Å². The third-order valence-corrected chi connectivity index (χ3v) is 20.6. The number of ether oxygens (including phenoxy) is 8. The molecule has 0 aromatic carbocycles. The van der Waals surface area contributed by atoms with E-state index in [4.69, 9.17) is 37.9 Å². The highest BCUT2D eigenvalue weighted by Gasteiger charge is 2.73. The molecule has 0 bridgehead atoms. The number of hydrogen-bond donors (Lipinski definition) is 1. The van der Waals surface area contributed by atoms with Gasteiger partial charge in [-0.15, -0.1) is 0 Å². The number of esters is 7. The average molecular weight is 1010 g/mol. The van der Waals surface area contributed by atoms with Gasteiger partial charge in [0.05, 0.1) is 5.60 Å².